The Kier molecular flexibility index (Phi) is 5.29. The fourth-order valence-electron chi connectivity index (χ4n) is 1.13. The van der Waals surface area contributed by atoms with E-state index in [0.29, 0.717) is 0 Å². The minimum atomic E-state index is -4.51. The van der Waals surface area contributed by atoms with Crippen LogP contribution in [0.2, 0.25) is 0 Å². The summed E-state index contributed by atoms with van der Waals surface area (Å²) < 4.78 is 53.4. The van der Waals surface area contributed by atoms with E-state index in [1.807, 2.05) is 0 Å². The molecule has 0 heterocycles. The molecule has 0 aromatic heterocycles. The van der Waals surface area contributed by atoms with Crippen LogP contribution in [0.3, 0.4) is 0 Å². The Morgan fingerprint density at radius 3 is 2.00 bits per heavy atom. The lowest BCUT2D eigenvalue weighted by atomic mass is 10.0. The lowest BCUT2D eigenvalue weighted by molar-refractivity contribution is -0.210. The third kappa shape index (κ3) is 3.93. The van der Waals surface area contributed by atoms with Gasteiger partial charge < -0.3 is 4.74 Å². The molecular formula is C8H14F4O. The van der Waals surface area contributed by atoms with Crippen molar-refractivity contribution >= 4 is 0 Å². The summed E-state index contributed by atoms with van der Waals surface area (Å²) in [5.74, 6) is -1.99. The van der Waals surface area contributed by atoms with Crippen LogP contribution in [0.4, 0.5) is 17.6 Å². The third-order valence-corrected chi connectivity index (χ3v) is 1.82. The van der Waals surface area contributed by atoms with Crippen molar-refractivity contribution in [1.29, 1.82) is 0 Å². The van der Waals surface area contributed by atoms with Crippen molar-refractivity contribution in [3.8, 4) is 0 Å². The summed E-state index contributed by atoms with van der Waals surface area (Å²) in [6, 6.07) is 0. The maximum absolute atomic E-state index is 12.2. The second-order valence-corrected chi connectivity index (χ2v) is 2.70. The summed E-state index contributed by atoms with van der Waals surface area (Å²) in [5.41, 5.74) is 0. The van der Waals surface area contributed by atoms with Crippen LogP contribution in [0.1, 0.15) is 20.3 Å². The Bertz CT molecular complexity index is 135. The van der Waals surface area contributed by atoms with E-state index in [1.54, 1.807) is 13.8 Å². The van der Waals surface area contributed by atoms with Crippen molar-refractivity contribution in [3.63, 3.8) is 0 Å². The molecule has 13 heavy (non-hydrogen) atoms. The fourth-order valence-corrected chi connectivity index (χ4v) is 1.13. The van der Waals surface area contributed by atoms with E-state index >= 15 is 0 Å². The Hall–Kier alpha value is -0.320. The monoisotopic (exact) mass is 202 g/mol. The van der Waals surface area contributed by atoms with Gasteiger partial charge in [0.25, 0.3) is 0 Å². The van der Waals surface area contributed by atoms with Gasteiger partial charge >= 0.3 is 6.18 Å². The predicted molar refractivity (Wildman–Crippen MR) is 41.2 cm³/mol. The van der Waals surface area contributed by atoms with Crippen molar-refractivity contribution in [1.82, 2.24) is 0 Å². The highest BCUT2D eigenvalue weighted by atomic mass is 19.4. The van der Waals surface area contributed by atoms with E-state index in [2.05, 4.69) is 0 Å². The number of alkyl halides is 4. The Balaban J connectivity index is 4.34. The molecule has 0 aromatic rings. The van der Waals surface area contributed by atoms with Crippen LogP contribution in [0.5, 0.6) is 0 Å². The summed E-state index contributed by atoms with van der Waals surface area (Å²) in [5, 5.41) is 0. The summed E-state index contributed by atoms with van der Waals surface area (Å²) in [6.07, 6.45) is -5.40. The lowest BCUT2D eigenvalue weighted by Crippen LogP contribution is -2.37. The van der Waals surface area contributed by atoms with Gasteiger partial charge in [-0.25, -0.2) is 0 Å². The molecule has 0 saturated carbocycles. The molecule has 0 aliphatic heterocycles. The smallest absolute Gasteiger partial charge is 0.378 e. The standard InChI is InChI=1S/C8H14F4O/c1-3-7(13-4-2)6(5-9)8(10,11)12/h6-7H,3-5H2,1-2H3. The summed E-state index contributed by atoms with van der Waals surface area (Å²) in [7, 11) is 0. The van der Waals surface area contributed by atoms with Gasteiger partial charge in [0.05, 0.1) is 6.10 Å². The van der Waals surface area contributed by atoms with Crippen LogP contribution in [0, 0.1) is 5.92 Å². The molecule has 0 bridgehead atoms. The zero-order chi connectivity index (χ0) is 10.5. The Morgan fingerprint density at radius 2 is 1.77 bits per heavy atom. The molecule has 0 aliphatic carbocycles. The largest absolute Gasteiger partial charge is 0.396 e. The van der Waals surface area contributed by atoms with Gasteiger partial charge in [0, 0.05) is 6.61 Å². The lowest BCUT2D eigenvalue weighted by Gasteiger charge is -2.25. The van der Waals surface area contributed by atoms with Crippen molar-refractivity contribution in [2.45, 2.75) is 32.5 Å². The molecule has 0 amide bonds. The van der Waals surface area contributed by atoms with Crippen LogP contribution >= 0.6 is 0 Å². The van der Waals surface area contributed by atoms with Crippen molar-refractivity contribution in [3.05, 3.63) is 0 Å². The van der Waals surface area contributed by atoms with E-state index < -0.39 is 24.9 Å². The number of hydrogen-bond acceptors (Lipinski definition) is 1. The van der Waals surface area contributed by atoms with Crippen molar-refractivity contribution < 1.29 is 22.3 Å². The fraction of sp³-hybridized carbons (Fsp3) is 1.00. The molecule has 0 spiro atoms. The van der Waals surface area contributed by atoms with Gasteiger partial charge in [-0.2, -0.15) is 13.2 Å². The highest BCUT2D eigenvalue weighted by Gasteiger charge is 2.44. The average molecular weight is 202 g/mol. The van der Waals surface area contributed by atoms with Gasteiger partial charge in [-0.3, -0.25) is 4.39 Å². The van der Waals surface area contributed by atoms with E-state index in [-0.39, 0.29) is 13.0 Å². The van der Waals surface area contributed by atoms with E-state index in [0.717, 1.165) is 0 Å². The molecule has 0 radical (unpaired) electrons. The van der Waals surface area contributed by atoms with Crippen LogP contribution in [0.25, 0.3) is 0 Å². The van der Waals surface area contributed by atoms with Crippen LogP contribution in [-0.4, -0.2) is 25.6 Å². The minimum absolute atomic E-state index is 0.169. The molecule has 5 heteroatoms. The van der Waals surface area contributed by atoms with Crippen LogP contribution in [-0.2, 0) is 4.74 Å². The van der Waals surface area contributed by atoms with E-state index in [9.17, 15) is 17.6 Å². The first-order chi connectivity index (χ1) is 5.97. The topological polar surface area (TPSA) is 9.23 Å². The Morgan fingerprint density at radius 1 is 1.23 bits per heavy atom. The molecule has 80 valence electrons. The molecule has 0 N–H and O–H groups in total. The quantitative estimate of drug-likeness (QED) is 0.623. The van der Waals surface area contributed by atoms with Gasteiger partial charge in [-0.15, -0.1) is 0 Å². The van der Waals surface area contributed by atoms with Crippen LogP contribution < -0.4 is 0 Å². The van der Waals surface area contributed by atoms with Gasteiger partial charge in [0.2, 0.25) is 0 Å². The number of hydrogen-bond donors (Lipinski definition) is 0. The maximum Gasteiger partial charge on any atom is 0.396 e. The summed E-state index contributed by atoms with van der Waals surface area (Å²) in [4.78, 5) is 0. The van der Waals surface area contributed by atoms with Gasteiger partial charge in [-0.05, 0) is 13.3 Å². The third-order valence-electron chi connectivity index (χ3n) is 1.82. The summed E-state index contributed by atoms with van der Waals surface area (Å²) >= 11 is 0. The van der Waals surface area contributed by atoms with Gasteiger partial charge in [0.15, 0.2) is 0 Å². The van der Waals surface area contributed by atoms with E-state index in [1.165, 1.54) is 0 Å². The Labute approximate surface area is 75.1 Å². The molecule has 0 rings (SSSR count). The molecule has 0 fully saturated rings. The highest BCUT2D eigenvalue weighted by molar-refractivity contribution is 4.75. The number of ether oxygens (including phenoxy) is 1. The van der Waals surface area contributed by atoms with Crippen molar-refractivity contribution in [2.24, 2.45) is 5.92 Å². The first-order valence-electron chi connectivity index (χ1n) is 4.21. The molecule has 1 nitrogen and oxygen atoms in total. The second kappa shape index (κ2) is 5.42. The molecule has 0 saturated heterocycles. The molecule has 2 unspecified atom stereocenters. The molecule has 0 aromatic carbocycles. The number of halogens is 4. The zero-order valence-electron chi connectivity index (χ0n) is 7.70. The average Bonchev–Trinajstić information content (AvgIpc) is 2.01. The first-order valence-corrected chi connectivity index (χ1v) is 4.21. The molecule has 0 aliphatic rings. The highest BCUT2D eigenvalue weighted by Crippen LogP contribution is 2.31. The zero-order valence-corrected chi connectivity index (χ0v) is 7.70. The summed E-state index contributed by atoms with van der Waals surface area (Å²) in [6.45, 7) is 1.90. The van der Waals surface area contributed by atoms with Crippen molar-refractivity contribution in [2.75, 3.05) is 13.3 Å². The molecule has 2 atom stereocenters. The SMILES string of the molecule is CCOC(CC)C(CF)C(F)(F)F. The normalized spacial score (nSPS) is 17.1. The minimum Gasteiger partial charge on any atom is -0.378 e. The molecular weight excluding hydrogens is 188 g/mol. The predicted octanol–water partition coefficient (Wildman–Crippen LogP) is 2.95. The number of rotatable bonds is 5. The maximum atomic E-state index is 12.2. The van der Waals surface area contributed by atoms with Gasteiger partial charge in [-0.1, -0.05) is 6.92 Å². The van der Waals surface area contributed by atoms with Gasteiger partial charge in [0.1, 0.15) is 12.6 Å². The second-order valence-electron chi connectivity index (χ2n) is 2.70. The first kappa shape index (κ1) is 12.7. The van der Waals surface area contributed by atoms with Crippen LogP contribution in [0.15, 0.2) is 0 Å². The van der Waals surface area contributed by atoms with E-state index in [4.69, 9.17) is 4.74 Å².